The predicted octanol–water partition coefficient (Wildman–Crippen LogP) is 2.85. The average Bonchev–Trinajstić information content (AvgIpc) is 2.60. The normalized spacial score (nSPS) is 17.5. The first-order chi connectivity index (χ1) is 11.6. The summed E-state index contributed by atoms with van der Waals surface area (Å²) in [5.74, 6) is -0.184. The van der Waals surface area contributed by atoms with Gasteiger partial charge >= 0.3 is 0 Å². The third-order valence-corrected chi connectivity index (χ3v) is 4.42. The Morgan fingerprint density at radius 3 is 2.83 bits per heavy atom. The van der Waals surface area contributed by atoms with Crippen LogP contribution >= 0.6 is 0 Å². The number of pyridine rings is 1. The van der Waals surface area contributed by atoms with Crippen molar-refractivity contribution < 1.29 is 9.59 Å². The largest absolute Gasteiger partial charge is 0.350 e. The highest BCUT2D eigenvalue weighted by Gasteiger charge is 2.26. The molecule has 1 aliphatic heterocycles. The van der Waals surface area contributed by atoms with Crippen molar-refractivity contribution in [3.8, 4) is 0 Å². The number of benzene rings is 1. The lowest BCUT2D eigenvalue weighted by Gasteiger charge is -2.24. The fourth-order valence-electron chi connectivity index (χ4n) is 3.00. The lowest BCUT2D eigenvalue weighted by Crippen LogP contribution is -2.32. The van der Waals surface area contributed by atoms with Gasteiger partial charge in [0, 0.05) is 30.4 Å². The van der Waals surface area contributed by atoms with Crippen molar-refractivity contribution in [1.29, 1.82) is 0 Å². The van der Waals surface area contributed by atoms with Gasteiger partial charge < -0.3 is 10.6 Å². The maximum absolute atomic E-state index is 12.2. The maximum atomic E-state index is 12.2. The number of hydrogen-bond acceptors (Lipinski definition) is 3. The van der Waals surface area contributed by atoms with Gasteiger partial charge in [-0.15, -0.1) is 0 Å². The van der Waals surface area contributed by atoms with Gasteiger partial charge in [0.2, 0.25) is 11.8 Å². The summed E-state index contributed by atoms with van der Waals surface area (Å²) in [6.07, 6.45) is 5.00. The Morgan fingerprint density at radius 1 is 1.29 bits per heavy atom. The van der Waals surface area contributed by atoms with Crippen molar-refractivity contribution in [3.05, 3.63) is 59.9 Å². The number of nitrogens with zero attached hydrogens (tertiary/aromatic N) is 1. The molecule has 1 aromatic heterocycles. The van der Waals surface area contributed by atoms with Crippen LogP contribution in [0.4, 0.5) is 5.69 Å². The Bertz CT molecular complexity index is 730. The molecule has 1 aliphatic rings. The highest BCUT2D eigenvalue weighted by molar-refractivity contribution is 5.96. The van der Waals surface area contributed by atoms with E-state index >= 15 is 0 Å². The number of anilines is 1. The van der Waals surface area contributed by atoms with Gasteiger partial charge in [-0.25, -0.2) is 0 Å². The lowest BCUT2D eigenvalue weighted by atomic mass is 9.89. The predicted molar refractivity (Wildman–Crippen MR) is 92.3 cm³/mol. The monoisotopic (exact) mass is 323 g/mol. The molecule has 0 fully saturated rings. The van der Waals surface area contributed by atoms with Gasteiger partial charge in [0.1, 0.15) is 0 Å². The number of carbonyl (C=O) groups excluding carboxylic acids is 2. The highest BCUT2D eigenvalue weighted by atomic mass is 16.2. The summed E-state index contributed by atoms with van der Waals surface area (Å²) in [6, 6.07) is 11.5. The number of amides is 2. The molecule has 3 rings (SSSR count). The van der Waals surface area contributed by atoms with Crippen LogP contribution in [-0.4, -0.2) is 16.8 Å². The second-order valence-corrected chi connectivity index (χ2v) is 6.16. The fraction of sp³-hybridized carbons (Fsp3) is 0.316. The second-order valence-electron chi connectivity index (χ2n) is 6.16. The van der Waals surface area contributed by atoms with Crippen molar-refractivity contribution in [2.24, 2.45) is 5.92 Å². The van der Waals surface area contributed by atoms with Gasteiger partial charge in [0.05, 0.1) is 6.04 Å². The summed E-state index contributed by atoms with van der Waals surface area (Å²) in [7, 11) is 0. The van der Waals surface area contributed by atoms with Crippen LogP contribution in [0.15, 0.2) is 48.8 Å². The minimum Gasteiger partial charge on any atom is -0.350 e. The minimum absolute atomic E-state index is 0.00341. The van der Waals surface area contributed by atoms with E-state index in [0.29, 0.717) is 19.3 Å². The van der Waals surface area contributed by atoms with Crippen molar-refractivity contribution >= 4 is 17.5 Å². The van der Waals surface area contributed by atoms with E-state index < -0.39 is 0 Å². The van der Waals surface area contributed by atoms with Gasteiger partial charge in [-0.1, -0.05) is 18.2 Å². The Morgan fingerprint density at radius 2 is 2.04 bits per heavy atom. The molecule has 5 nitrogen and oxygen atoms in total. The van der Waals surface area contributed by atoms with E-state index in [9.17, 15) is 9.59 Å². The summed E-state index contributed by atoms with van der Waals surface area (Å²) in [4.78, 5) is 28.3. The van der Waals surface area contributed by atoms with E-state index in [4.69, 9.17) is 0 Å². The molecule has 0 saturated carbocycles. The molecule has 2 heterocycles. The molecule has 0 spiro atoms. The molecular weight excluding hydrogens is 302 g/mol. The standard InChI is InChI=1S/C19H21N3O2/c1-13(14-8-10-20-11-9-14)21-18(23)7-6-16-12-15-4-2-3-5-17(15)22-19(16)24/h2-5,8-11,13,16H,6-7,12H2,1H3,(H,21,23)(H,22,24)/t13-,16+/m0/s1. The molecule has 0 unspecified atom stereocenters. The van der Waals surface area contributed by atoms with Crippen molar-refractivity contribution in [1.82, 2.24) is 10.3 Å². The van der Waals surface area contributed by atoms with E-state index in [1.807, 2.05) is 43.3 Å². The summed E-state index contributed by atoms with van der Waals surface area (Å²) in [5, 5.41) is 5.89. The van der Waals surface area contributed by atoms with Crippen LogP contribution in [0, 0.1) is 5.92 Å². The number of hydrogen-bond donors (Lipinski definition) is 2. The quantitative estimate of drug-likeness (QED) is 0.889. The summed E-state index contributed by atoms with van der Waals surface area (Å²) >= 11 is 0. The van der Waals surface area contributed by atoms with Gasteiger partial charge in [0.25, 0.3) is 0 Å². The fourth-order valence-corrected chi connectivity index (χ4v) is 3.00. The zero-order valence-electron chi connectivity index (χ0n) is 13.7. The zero-order chi connectivity index (χ0) is 16.9. The van der Waals surface area contributed by atoms with Crippen molar-refractivity contribution in [2.75, 3.05) is 5.32 Å². The number of rotatable bonds is 5. The van der Waals surface area contributed by atoms with Gasteiger partial charge in [-0.05, 0) is 49.1 Å². The molecule has 2 amide bonds. The minimum atomic E-state index is -0.151. The van der Waals surface area contributed by atoms with Crippen LogP contribution in [0.5, 0.6) is 0 Å². The molecule has 2 aromatic rings. The highest BCUT2D eigenvalue weighted by Crippen LogP contribution is 2.27. The number of fused-ring (bicyclic) bond motifs is 1. The maximum Gasteiger partial charge on any atom is 0.227 e. The third kappa shape index (κ3) is 3.79. The van der Waals surface area contributed by atoms with E-state index in [1.54, 1.807) is 12.4 Å². The van der Waals surface area contributed by atoms with E-state index in [0.717, 1.165) is 16.8 Å². The first-order valence-electron chi connectivity index (χ1n) is 8.21. The van der Waals surface area contributed by atoms with Crippen LogP contribution in [0.3, 0.4) is 0 Å². The van der Waals surface area contributed by atoms with E-state index in [2.05, 4.69) is 15.6 Å². The van der Waals surface area contributed by atoms with Crippen LogP contribution in [0.1, 0.15) is 36.9 Å². The van der Waals surface area contributed by atoms with Gasteiger partial charge in [-0.2, -0.15) is 0 Å². The third-order valence-electron chi connectivity index (χ3n) is 4.42. The summed E-state index contributed by atoms with van der Waals surface area (Å²) in [6.45, 7) is 1.94. The number of aromatic nitrogens is 1. The number of carbonyl (C=O) groups is 2. The molecule has 0 saturated heterocycles. The van der Waals surface area contributed by atoms with Crippen LogP contribution in [0.2, 0.25) is 0 Å². The van der Waals surface area contributed by atoms with E-state index in [1.165, 1.54) is 0 Å². The molecule has 24 heavy (non-hydrogen) atoms. The molecule has 0 radical (unpaired) electrons. The van der Waals surface area contributed by atoms with Gasteiger partial charge in [-0.3, -0.25) is 14.6 Å². The summed E-state index contributed by atoms with van der Waals surface area (Å²) in [5.41, 5.74) is 3.03. The van der Waals surface area contributed by atoms with Crippen LogP contribution in [-0.2, 0) is 16.0 Å². The Kier molecular flexibility index (Phi) is 4.89. The number of para-hydroxylation sites is 1. The smallest absolute Gasteiger partial charge is 0.227 e. The Labute approximate surface area is 141 Å². The van der Waals surface area contributed by atoms with Crippen LogP contribution in [0.25, 0.3) is 0 Å². The van der Waals surface area contributed by atoms with Gasteiger partial charge in [0.15, 0.2) is 0 Å². The van der Waals surface area contributed by atoms with E-state index in [-0.39, 0.29) is 23.8 Å². The molecule has 2 atom stereocenters. The first-order valence-corrected chi connectivity index (χ1v) is 8.21. The van der Waals surface area contributed by atoms with Crippen LogP contribution < -0.4 is 10.6 Å². The molecular formula is C19H21N3O2. The SMILES string of the molecule is C[C@H](NC(=O)CC[C@@H]1Cc2ccccc2NC1=O)c1ccncc1. The zero-order valence-corrected chi connectivity index (χ0v) is 13.7. The molecule has 0 bridgehead atoms. The summed E-state index contributed by atoms with van der Waals surface area (Å²) < 4.78 is 0. The Hall–Kier alpha value is -2.69. The Balaban J connectivity index is 1.52. The molecule has 1 aromatic carbocycles. The average molecular weight is 323 g/mol. The lowest BCUT2D eigenvalue weighted by molar-refractivity contribution is -0.123. The molecule has 124 valence electrons. The molecule has 0 aliphatic carbocycles. The van der Waals surface area contributed by atoms with Crippen molar-refractivity contribution in [3.63, 3.8) is 0 Å². The topological polar surface area (TPSA) is 71.1 Å². The van der Waals surface area contributed by atoms with Crippen molar-refractivity contribution in [2.45, 2.75) is 32.2 Å². The first kappa shape index (κ1) is 16.2. The molecule has 2 N–H and O–H groups in total. The molecule has 5 heteroatoms. The number of nitrogens with one attached hydrogen (secondary N) is 2. The second kappa shape index (κ2) is 7.25.